The van der Waals surface area contributed by atoms with Crippen LogP contribution < -0.4 is 10.1 Å². The molecule has 1 fully saturated rings. The minimum absolute atomic E-state index is 0.600. The summed E-state index contributed by atoms with van der Waals surface area (Å²) in [5, 5.41) is 12.8. The van der Waals surface area contributed by atoms with E-state index in [4.69, 9.17) is 4.74 Å². The number of para-hydroxylation sites is 1. The van der Waals surface area contributed by atoms with Crippen LogP contribution in [0.25, 0.3) is 0 Å². The number of piperidine rings is 1. The normalized spacial score (nSPS) is 18.6. The third-order valence-corrected chi connectivity index (χ3v) is 3.49. The number of methoxy groups -OCH3 is 1. The van der Waals surface area contributed by atoms with Crippen molar-refractivity contribution in [2.75, 3.05) is 20.2 Å². The Labute approximate surface area is 101 Å². The first-order valence-electron chi connectivity index (χ1n) is 5.78. The van der Waals surface area contributed by atoms with E-state index in [1.54, 1.807) is 7.11 Å². The number of hydrogen-bond acceptors (Lipinski definition) is 3. The summed E-state index contributed by atoms with van der Waals surface area (Å²) in [6.07, 6.45) is 1.20. The van der Waals surface area contributed by atoms with Gasteiger partial charge in [-0.1, -0.05) is 18.2 Å². The van der Waals surface area contributed by atoms with E-state index in [1.165, 1.54) is 0 Å². The van der Waals surface area contributed by atoms with E-state index in [9.17, 15) is 9.90 Å². The molecule has 0 bridgehead atoms. The third-order valence-electron chi connectivity index (χ3n) is 3.49. The van der Waals surface area contributed by atoms with Gasteiger partial charge in [0.1, 0.15) is 5.75 Å². The zero-order valence-corrected chi connectivity index (χ0v) is 9.90. The number of aliphatic carboxylic acids is 1. The van der Waals surface area contributed by atoms with Crippen LogP contribution in [0, 0.1) is 0 Å². The van der Waals surface area contributed by atoms with E-state index >= 15 is 0 Å². The molecule has 1 aliphatic rings. The van der Waals surface area contributed by atoms with Crippen molar-refractivity contribution in [1.82, 2.24) is 5.32 Å². The predicted octanol–water partition coefficient (Wildman–Crippen LogP) is 1.40. The van der Waals surface area contributed by atoms with E-state index < -0.39 is 11.4 Å². The highest BCUT2D eigenvalue weighted by molar-refractivity contribution is 5.82. The molecule has 1 aliphatic heterocycles. The van der Waals surface area contributed by atoms with Crippen molar-refractivity contribution < 1.29 is 14.6 Å². The average Bonchev–Trinajstić information content (AvgIpc) is 2.39. The Morgan fingerprint density at radius 2 is 2.00 bits per heavy atom. The lowest BCUT2D eigenvalue weighted by Crippen LogP contribution is -2.45. The smallest absolute Gasteiger partial charge is 0.314 e. The van der Waals surface area contributed by atoms with E-state index in [0.717, 1.165) is 18.7 Å². The van der Waals surface area contributed by atoms with Gasteiger partial charge in [0.05, 0.1) is 12.5 Å². The number of carbonyl (C=O) groups is 1. The second kappa shape index (κ2) is 4.75. The topological polar surface area (TPSA) is 58.6 Å². The van der Waals surface area contributed by atoms with Gasteiger partial charge in [-0.05, 0) is 32.0 Å². The van der Waals surface area contributed by atoms with Crippen LogP contribution in [-0.4, -0.2) is 31.3 Å². The second-order valence-corrected chi connectivity index (χ2v) is 4.34. The number of benzene rings is 1. The molecular weight excluding hydrogens is 218 g/mol. The monoisotopic (exact) mass is 235 g/mol. The van der Waals surface area contributed by atoms with Crippen LogP contribution in [-0.2, 0) is 10.2 Å². The quantitative estimate of drug-likeness (QED) is 0.831. The van der Waals surface area contributed by atoms with Gasteiger partial charge in [0.25, 0.3) is 0 Å². The largest absolute Gasteiger partial charge is 0.496 e. The van der Waals surface area contributed by atoms with Crippen LogP contribution in [0.2, 0.25) is 0 Å². The summed E-state index contributed by atoms with van der Waals surface area (Å²) in [5.41, 5.74) is -0.0193. The van der Waals surface area contributed by atoms with E-state index in [0.29, 0.717) is 18.6 Å². The standard InChI is InChI=1S/C13H17NO3/c1-17-11-5-3-2-4-10(11)13(12(15)16)6-8-14-9-7-13/h2-5,14H,6-9H2,1H3,(H,15,16). The van der Waals surface area contributed by atoms with Crippen LogP contribution >= 0.6 is 0 Å². The van der Waals surface area contributed by atoms with Gasteiger partial charge in [0.15, 0.2) is 0 Å². The lowest BCUT2D eigenvalue weighted by Gasteiger charge is -2.34. The summed E-state index contributed by atoms with van der Waals surface area (Å²) >= 11 is 0. The molecule has 92 valence electrons. The molecule has 17 heavy (non-hydrogen) atoms. The number of carboxylic acids is 1. The van der Waals surface area contributed by atoms with Gasteiger partial charge in [-0.25, -0.2) is 0 Å². The molecule has 0 aliphatic carbocycles. The number of ether oxygens (including phenoxy) is 1. The Bertz CT molecular complexity index is 411. The Morgan fingerprint density at radius 3 is 2.59 bits per heavy atom. The molecule has 0 amide bonds. The first-order valence-corrected chi connectivity index (χ1v) is 5.78. The van der Waals surface area contributed by atoms with Crippen LogP contribution in [0.3, 0.4) is 0 Å². The maximum absolute atomic E-state index is 11.7. The van der Waals surface area contributed by atoms with Crippen molar-refractivity contribution in [2.24, 2.45) is 0 Å². The van der Waals surface area contributed by atoms with Crippen molar-refractivity contribution in [3.05, 3.63) is 29.8 Å². The summed E-state index contributed by atoms with van der Waals surface area (Å²) in [6, 6.07) is 7.41. The van der Waals surface area contributed by atoms with Gasteiger partial charge in [0, 0.05) is 5.56 Å². The molecule has 2 N–H and O–H groups in total. The molecule has 1 aromatic carbocycles. The van der Waals surface area contributed by atoms with Crippen molar-refractivity contribution in [1.29, 1.82) is 0 Å². The van der Waals surface area contributed by atoms with E-state index in [1.807, 2.05) is 24.3 Å². The highest BCUT2D eigenvalue weighted by atomic mass is 16.5. The highest BCUT2D eigenvalue weighted by Crippen LogP contribution is 2.38. The first kappa shape index (κ1) is 11.9. The van der Waals surface area contributed by atoms with Gasteiger partial charge in [-0.15, -0.1) is 0 Å². The van der Waals surface area contributed by atoms with E-state index in [-0.39, 0.29) is 0 Å². The molecule has 1 aromatic rings. The fourth-order valence-corrected chi connectivity index (χ4v) is 2.49. The Morgan fingerprint density at radius 1 is 1.35 bits per heavy atom. The summed E-state index contributed by atoms with van der Waals surface area (Å²) in [6.45, 7) is 1.45. The van der Waals surface area contributed by atoms with Crippen LogP contribution in [0.1, 0.15) is 18.4 Å². The fourth-order valence-electron chi connectivity index (χ4n) is 2.49. The maximum Gasteiger partial charge on any atom is 0.314 e. The predicted molar refractivity (Wildman–Crippen MR) is 64.4 cm³/mol. The summed E-state index contributed by atoms with van der Waals surface area (Å²) in [7, 11) is 1.58. The molecule has 0 unspecified atom stereocenters. The second-order valence-electron chi connectivity index (χ2n) is 4.34. The molecule has 0 spiro atoms. The number of nitrogens with one attached hydrogen (secondary N) is 1. The minimum atomic E-state index is -0.808. The molecule has 0 radical (unpaired) electrons. The van der Waals surface area contributed by atoms with Gasteiger partial charge >= 0.3 is 5.97 Å². The molecule has 0 atom stereocenters. The minimum Gasteiger partial charge on any atom is -0.496 e. The van der Waals surface area contributed by atoms with Crippen LogP contribution in [0.5, 0.6) is 5.75 Å². The van der Waals surface area contributed by atoms with Gasteiger partial charge in [-0.3, -0.25) is 4.79 Å². The van der Waals surface area contributed by atoms with Crippen molar-refractivity contribution in [3.8, 4) is 5.75 Å². The van der Waals surface area contributed by atoms with Crippen LogP contribution in [0.4, 0.5) is 0 Å². The highest BCUT2D eigenvalue weighted by Gasteiger charge is 2.43. The van der Waals surface area contributed by atoms with Gasteiger partial charge < -0.3 is 15.2 Å². The molecule has 1 saturated heterocycles. The van der Waals surface area contributed by atoms with Gasteiger partial charge in [-0.2, -0.15) is 0 Å². The molecule has 4 nitrogen and oxygen atoms in total. The SMILES string of the molecule is COc1ccccc1C1(C(=O)O)CCNCC1. The maximum atomic E-state index is 11.7. The zero-order chi connectivity index (χ0) is 12.3. The van der Waals surface area contributed by atoms with Crippen molar-refractivity contribution in [3.63, 3.8) is 0 Å². The number of rotatable bonds is 3. The molecular formula is C13H17NO3. The summed E-state index contributed by atoms with van der Waals surface area (Å²) < 4.78 is 5.29. The molecule has 4 heteroatoms. The summed E-state index contributed by atoms with van der Waals surface area (Å²) in [5.74, 6) is -0.0969. The Kier molecular flexibility index (Phi) is 3.33. The number of carboxylic acid groups (broad SMARTS) is 1. The lowest BCUT2D eigenvalue weighted by atomic mass is 9.73. The lowest BCUT2D eigenvalue weighted by molar-refractivity contribution is -0.145. The fraction of sp³-hybridized carbons (Fsp3) is 0.462. The average molecular weight is 235 g/mol. The zero-order valence-electron chi connectivity index (χ0n) is 9.90. The molecule has 0 saturated carbocycles. The van der Waals surface area contributed by atoms with Crippen molar-refractivity contribution >= 4 is 5.97 Å². The first-order chi connectivity index (χ1) is 8.20. The van der Waals surface area contributed by atoms with Gasteiger partial charge in [0.2, 0.25) is 0 Å². The van der Waals surface area contributed by atoms with E-state index in [2.05, 4.69) is 5.32 Å². The molecule has 2 rings (SSSR count). The molecule has 0 aromatic heterocycles. The summed E-state index contributed by atoms with van der Waals surface area (Å²) in [4.78, 5) is 11.7. The third kappa shape index (κ3) is 2.00. The Balaban J connectivity index is 2.48. The van der Waals surface area contributed by atoms with Crippen LogP contribution in [0.15, 0.2) is 24.3 Å². The Hall–Kier alpha value is -1.55. The number of hydrogen-bond donors (Lipinski definition) is 2. The molecule has 1 heterocycles. The van der Waals surface area contributed by atoms with Crippen molar-refractivity contribution in [2.45, 2.75) is 18.3 Å².